The van der Waals surface area contributed by atoms with Crippen molar-refractivity contribution in [1.29, 1.82) is 0 Å². The van der Waals surface area contributed by atoms with Crippen molar-refractivity contribution >= 4 is 11.6 Å². The van der Waals surface area contributed by atoms with Crippen molar-refractivity contribution in [2.75, 3.05) is 25.7 Å². The van der Waals surface area contributed by atoms with Gasteiger partial charge in [0, 0.05) is 11.3 Å². The Kier molecular flexibility index (Phi) is 3.72. The molecule has 88 valence electrons. The molecule has 1 saturated heterocycles. The van der Waals surface area contributed by atoms with E-state index in [1.165, 1.54) is 5.56 Å². The summed E-state index contributed by atoms with van der Waals surface area (Å²) >= 11 is 5.86. The van der Waals surface area contributed by atoms with Crippen LogP contribution in [0, 0.1) is 0 Å². The summed E-state index contributed by atoms with van der Waals surface area (Å²) in [6, 6.07) is 8.27. The smallest absolute Gasteiger partial charge is 0.119 e. The molecule has 1 aromatic carbocycles. The average Bonchev–Trinajstić information content (AvgIpc) is 2.24. The quantitative estimate of drug-likeness (QED) is 0.737. The minimum absolute atomic E-state index is 0.120. The molecule has 0 amide bonds. The topological polar surface area (TPSA) is 18.5 Å². The molecule has 0 spiro atoms. The fourth-order valence-corrected chi connectivity index (χ4v) is 2.43. The maximum atomic E-state index is 5.86. The van der Waals surface area contributed by atoms with Crippen LogP contribution in [0.5, 0.6) is 5.75 Å². The van der Waals surface area contributed by atoms with Crippen molar-refractivity contribution in [3.05, 3.63) is 29.8 Å². The fourth-order valence-electron chi connectivity index (χ4n) is 2.07. The summed E-state index contributed by atoms with van der Waals surface area (Å²) in [6.07, 6.45) is 0.962. The van der Waals surface area contributed by atoms with Gasteiger partial charge in [-0.15, -0.1) is 11.6 Å². The van der Waals surface area contributed by atoms with Crippen LogP contribution in [0.2, 0.25) is 0 Å². The Morgan fingerprint density at radius 2 is 2.25 bits per heavy atom. The van der Waals surface area contributed by atoms with Crippen LogP contribution in [0.1, 0.15) is 18.9 Å². The van der Waals surface area contributed by atoms with E-state index in [4.69, 9.17) is 21.1 Å². The molecular weight excluding hydrogens is 224 g/mol. The Labute approximate surface area is 102 Å². The lowest BCUT2D eigenvalue weighted by Gasteiger charge is -2.41. The van der Waals surface area contributed by atoms with Crippen molar-refractivity contribution in [3.8, 4) is 5.75 Å². The fraction of sp³-hybridized carbons (Fsp3) is 0.538. The molecule has 1 aliphatic heterocycles. The van der Waals surface area contributed by atoms with Gasteiger partial charge in [0.25, 0.3) is 0 Å². The predicted molar refractivity (Wildman–Crippen MR) is 65.4 cm³/mol. The Morgan fingerprint density at radius 1 is 1.44 bits per heavy atom. The lowest BCUT2D eigenvalue weighted by molar-refractivity contribution is -0.0616. The molecule has 0 N–H and O–H groups in total. The Hall–Kier alpha value is -0.730. The Bertz CT molecular complexity index is 348. The first-order chi connectivity index (χ1) is 7.80. The van der Waals surface area contributed by atoms with Crippen LogP contribution in [0.4, 0.5) is 0 Å². The van der Waals surface area contributed by atoms with Crippen LogP contribution in [-0.4, -0.2) is 25.7 Å². The van der Waals surface area contributed by atoms with Crippen molar-refractivity contribution < 1.29 is 9.47 Å². The van der Waals surface area contributed by atoms with E-state index in [0.717, 1.165) is 25.4 Å². The van der Waals surface area contributed by atoms with Gasteiger partial charge in [-0.1, -0.05) is 12.1 Å². The lowest BCUT2D eigenvalue weighted by atomic mass is 9.76. The van der Waals surface area contributed by atoms with E-state index in [-0.39, 0.29) is 5.41 Å². The first-order valence-corrected chi connectivity index (χ1v) is 6.21. The number of hydrogen-bond acceptors (Lipinski definition) is 2. The maximum absolute atomic E-state index is 5.86. The van der Waals surface area contributed by atoms with Crippen LogP contribution in [0.3, 0.4) is 0 Å². The molecule has 0 saturated carbocycles. The molecule has 1 heterocycles. The SMILES string of the molecule is CCOc1cccc(C2(CCCl)COC2)c1. The zero-order chi connectivity index (χ0) is 11.4. The molecule has 0 bridgehead atoms. The normalized spacial score (nSPS) is 17.9. The number of hydrogen-bond donors (Lipinski definition) is 0. The molecule has 0 aromatic heterocycles. The summed E-state index contributed by atoms with van der Waals surface area (Å²) in [7, 11) is 0. The summed E-state index contributed by atoms with van der Waals surface area (Å²) in [6.45, 7) is 4.24. The number of rotatable bonds is 5. The van der Waals surface area contributed by atoms with Crippen molar-refractivity contribution in [2.45, 2.75) is 18.8 Å². The number of ether oxygens (including phenoxy) is 2. The van der Waals surface area contributed by atoms with E-state index in [9.17, 15) is 0 Å². The Balaban J connectivity index is 2.21. The third kappa shape index (κ3) is 2.18. The molecule has 1 fully saturated rings. The average molecular weight is 241 g/mol. The summed E-state index contributed by atoms with van der Waals surface area (Å²) in [4.78, 5) is 0. The van der Waals surface area contributed by atoms with E-state index >= 15 is 0 Å². The van der Waals surface area contributed by atoms with E-state index in [2.05, 4.69) is 12.1 Å². The van der Waals surface area contributed by atoms with E-state index in [0.29, 0.717) is 12.5 Å². The molecule has 0 atom stereocenters. The van der Waals surface area contributed by atoms with Gasteiger partial charge in [-0.3, -0.25) is 0 Å². The standard InChI is InChI=1S/C13H17ClO2/c1-2-16-12-5-3-4-11(8-12)13(6-7-14)9-15-10-13/h3-5,8H,2,6-7,9-10H2,1H3. The molecule has 2 nitrogen and oxygen atoms in total. The summed E-state index contributed by atoms with van der Waals surface area (Å²) in [5.74, 6) is 1.60. The van der Waals surface area contributed by atoms with Crippen LogP contribution in [-0.2, 0) is 10.2 Å². The first-order valence-electron chi connectivity index (χ1n) is 5.68. The van der Waals surface area contributed by atoms with Crippen LogP contribution in [0.15, 0.2) is 24.3 Å². The largest absolute Gasteiger partial charge is 0.494 e. The van der Waals surface area contributed by atoms with Gasteiger partial charge < -0.3 is 9.47 Å². The monoisotopic (exact) mass is 240 g/mol. The van der Waals surface area contributed by atoms with Gasteiger partial charge in [0.15, 0.2) is 0 Å². The minimum Gasteiger partial charge on any atom is -0.494 e. The molecule has 16 heavy (non-hydrogen) atoms. The zero-order valence-corrected chi connectivity index (χ0v) is 10.3. The number of halogens is 1. The molecule has 0 aliphatic carbocycles. The highest BCUT2D eigenvalue weighted by Gasteiger charge is 2.39. The second-order valence-corrected chi connectivity index (χ2v) is 4.55. The van der Waals surface area contributed by atoms with Gasteiger partial charge in [-0.2, -0.15) is 0 Å². The van der Waals surface area contributed by atoms with E-state index in [1.807, 2.05) is 19.1 Å². The van der Waals surface area contributed by atoms with Gasteiger partial charge in [-0.25, -0.2) is 0 Å². The molecule has 3 heteroatoms. The maximum Gasteiger partial charge on any atom is 0.119 e. The first kappa shape index (κ1) is 11.7. The van der Waals surface area contributed by atoms with Gasteiger partial charge in [0.05, 0.1) is 19.8 Å². The lowest BCUT2D eigenvalue weighted by Crippen LogP contribution is -2.47. The minimum atomic E-state index is 0.120. The van der Waals surface area contributed by atoms with Crippen LogP contribution in [0.25, 0.3) is 0 Å². The predicted octanol–water partition coefficient (Wildman–Crippen LogP) is 2.98. The second-order valence-electron chi connectivity index (χ2n) is 4.17. The van der Waals surface area contributed by atoms with Gasteiger partial charge in [0.1, 0.15) is 5.75 Å². The van der Waals surface area contributed by atoms with Gasteiger partial charge in [0.2, 0.25) is 0 Å². The number of benzene rings is 1. The summed E-state index contributed by atoms with van der Waals surface area (Å²) in [5, 5.41) is 0. The number of alkyl halides is 1. The second kappa shape index (κ2) is 5.07. The summed E-state index contributed by atoms with van der Waals surface area (Å²) < 4.78 is 10.9. The Morgan fingerprint density at radius 3 is 2.81 bits per heavy atom. The molecule has 2 rings (SSSR count). The van der Waals surface area contributed by atoms with Crippen molar-refractivity contribution in [1.82, 2.24) is 0 Å². The third-order valence-electron chi connectivity index (χ3n) is 3.09. The molecule has 1 aliphatic rings. The van der Waals surface area contributed by atoms with Crippen molar-refractivity contribution in [2.24, 2.45) is 0 Å². The van der Waals surface area contributed by atoms with Gasteiger partial charge in [-0.05, 0) is 31.0 Å². The molecule has 1 aromatic rings. The molecular formula is C13H17ClO2. The van der Waals surface area contributed by atoms with Gasteiger partial charge >= 0.3 is 0 Å². The third-order valence-corrected chi connectivity index (χ3v) is 3.28. The van der Waals surface area contributed by atoms with Crippen LogP contribution < -0.4 is 4.74 Å². The highest BCUT2D eigenvalue weighted by atomic mass is 35.5. The van der Waals surface area contributed by atoms with E-state index in [1.54, 1.807) is 0 Å². The molecule has 0 unspecified atom stereocenters. The highest BCUT2D eigenvalue weighted by Crippen LogP contribution is 2.37. The summed E-state index contributed by atoms with van der Waals surface area (Å²) in [5.41, 5.74) is 1.40. The molecule has 0 radical (unpaired) electrons. The zero-order valence-electron chi connectivity index (χ0n) is 9.54. The van der Waals surface area contributed by atoms with E-state index < -0.39 is 0 Å². The van der Waals surface area contributed by atoms with Crippen molar-refractivity contribution in [3.63, 3.8) is 0 Å². The van der Waals surface area contributed by atoms with Crippen LogP contribution >= 0.6 is 11.6 Å². The highest BCUT2D eigenvalue weighted by molar-refractivity contribution is 6.17.